The lowest BCUT2D eigenvalue weighted by molar-refractivity contribution is 0.530. The molecule has 3 nitrogen and oxygen atoms in total. The van der Waals surface area contributed by atoms with Crippen LogP contribution in [0, 0.1) is 0 Å². The summed E-state index contributed by atoms with van der Waals surface area (Å²) in [4.78, 5) is 0. The molecule has 0 saturated carbocycles. The third-order valence-electron chi connectivity index (χ3n) is 1.47. The van der Waals surface area contributed by atoms with Crippen LogP contribution in [0.5, 0.6) is 0 Å². The van der Waals surface area contributed by atoms with Gasteiger partial charge in [-0.3, -0.25) is 0 Å². The molecule has 1 aliphatic rings. The topological polar surface area (TPSA) is 32.3 Å². The van der Waals surface area contributed by atoms with Gasteiger partial charge in [-0.05, 0) is 19.9 Å². The second kappa shape index (κ2) is 3.29. The van der Waals surface area contributed by atoms with Crippen LogP contribution in [-0.4, -0.2) is 28.7 Å². The fourth-order valence-electron chi connectivity index (χ4n) is 0.983. The third-order valence-corrected chi connectivity index (χ3v) is 2.66. The Morgan fingerprint density at radius 2 is 2.00 bits per heavy atom. The fourth-order valence-corrected chi connectivity index (χ4v) is 1.83. The first-order chi connectivity index (χ1) is 4.34. The number of hydrogen-bond donors (Lipinski definition) is 1. The van der Waals surface area contributed by atoms with E-state index in [0.29, 0.717) is 0 Å². The predicted octanol–water partition coefficient (Wildman–Crippen LogP) is -0.120. The molecule has 1 rings (SSSR count). The van der Waals surface area contributed by atoms with E-state index in [-0.39, 0.29) is 0 Å². The molecule has 0 aliphatic carbocycles. The van der Waals surface area contributed by atoms with Crippen LogP contribution in [0.15, 0.2) is 0 Å². The number of nitrogens with one attached hydrogen (secondary N) is 1. The summed E-state index contributed by atoms with van der Waals surface area (Å²) in [6.07, 6.45) is 2.38. The summed E-state index contributed by atoms with van der Waals surface area (Å²) in [6, 6.07) is 0. The lowest BCUT2D eigenvalue weighted by Gasteiger charge is -2.10. The average Bonchev–Trinajstić information content (AvgIpc) is 2.37. The number of rotatable bonds is 2. The second-order valence-corrected chi connectivity index (χ2v) is 3.51. The monoisotopic (exact) mass is 148 g/mol. The van der Waals surface area contributed by atoms with E-state index >= 15 is 0 Å². The van der Waals surface area contributed by atoms with Crippen molar-refractivity contribution in [3.63, 3.8) is 0 Å². The Labute approximate surface area is 58.1 Å². The zero-order valence-corrected chi connectivity index (χ0v) is 6.41. The lowest BCUT2D eigenvalue weighted by atomic mass is 10.4. The normalized spacial score (nSPS) is 24.6. The minimum absolute atomic E-state index is 0.919. The van der Waals surface area contributed by atoms with E-state index in [9.17, 15) is 4.21 Å². The van der Waals surface area contributed by atoms with Gasteiger partial charge in [0.05, 0.1) is 0 Å². The van der Waals surface area contributed by atoms with Crippen LogP contribution < -0.4 is 4.72 Å². The summed E-state index contributed by atoms with van der Waals surface area (Å²) in [5, 5.41) is 0. The molecule has 0 radical (unpaired) electrons. The molecule has 0 aromatic carbocycles. The smallest absolute Gasteiger partial charge is 0.169 e. The molecule has 54 valence electrons. The highest BCUT2D eigenvalue weighted by Gasteiger charge is 2.15. The average molecular weight is 148 g/mol. The van der Waals surface area contributed by atoms with E-state index in [1.807, 2.05) is 4.31 Å². The maximum Gasteiger partial charge on any atom is 0.169 e. The molecular formula is C5H12N2OS. The molecule has 1 aliphatic heterocycles. The molecule has 0 aromatic heterocycles. The first-order valence-corrected chi connectivity index (χ1v) is 4.29. The standard InChI is InChI=1S/C5H12N2OS/c1-6-9(8)7-4-2-3-5-7/h6H,2-5H2,1H3. The first kappa shape index (κ1) is 7.18. The Balaban J connectivity index is 2.32. The van der Waals surface area contributed by atoms with Crippen LogP contribution in [-0.2, 0) is 11.2 Å². The number of nitrogens with zero attached hydrogens (tertiary/aromatic N) is 1. The van der Waals surface area contributed by atoms with Crippen molar-refractivity contribution in [2.45, 2.75) is 12.8 Å². The molecule has 4 heteroatoms. The van der Waals surface area contributed by atoms with Crippen molar-refractivity contribution in [2.75, 3.05) is 20.1 Å². The van der Waals surface area contributed by atoms with Gasteiger partial charge in [0, 0.05) is 13.1 Å². The molecule has 1 unspecified atom stereocenters. The Kier molecular flexibility index (Phi) is 2.63. The second-order valence-electron chi connectivity index (χ2n) is 2.09. The molecule has 1 atom stereocenters. The minimum Gasteiger partial charge on any atom is -0.228 e. The van der Waals surface area contributed by atoms with Gasteiger partial charge >= 0.3 is 0 Å². The van der Waals surface area contributed by atoms with Crippen molar-refractivity contribution >= 4 is 11.2 Å². The summed E-state index contributed by atoms with van der Waals surface area (Å²) in [6.45, 7) is 1.96. The highest BCUT2D eigenvalue weighted by Crippen LogP contribution is 2.07. The molecule has 1 N–H and O–H groups in total. The first-order valence-electron chi connectivity index (χ1n) is 3.19. The number of hydrogen-bond acceptors (Lipinski definition) is 1. The molecule has 1 heterocycles. The highest BCUT2D eigenvalue weighted by molar-refractivity contribution is 7.80. The zero-order chi connectivity index (χ0) is 6.69. The Morgan fingerprint density at radius 3 is 2.44 bits per heavy atom. The molecule has 1 fully saturated rings. The van der Waals surface area contributed by atoms with Gasteiger partial charge in [-0.25, -0.2) is 13.2 Å². The van der Waals surface area contributed by atoms with Crippen molar-refractivity contribution in [1.29, 1.82) is 0 Å². The van der Waals surface area contributed by atoms with Crippen molar-refractivity contribution in [1.82, 2.24) is 9.03 Å². The molecule has 0 aromatic rings. The summed E-state index contributed by atoms with van der Waals surface area (Å²) in [5.41, 5.74) is 0. The highest BCUT2D eigenvalue weighted by atomic mass is 32.2. The van der Waals surface area contributed by atoms with Crippen LogP contribution in [0.3, 0.4) is 0 Å². The summed E-state index contributed by atoms with van der Waals surface area (Å²) in [7, 11) is 1.72. The third kappa shape index (κ3) is 1.74. The molecule has 0 spiro atoms. The Bertz CT molecular complexity index is 112. The van der Waals surface area contributed by atoms with E-state index in [0.717, 1.165) is 13.1 Å². The summed E-state index contributed by atoms with van der Waals surface area (Å²) >= 11 is -0.919. The van der Waals surface area contributed by atoms with E-state index in [1.165, 1.54) is 12.8 Å². The van der Waals surface area contributed by atoms with E-state index < -0.39 is 11.2 Å². The van der Waals surface area contributed by atoms with E-state index in [1.54, 1.807) is 7.05 Å². The quantitative estimate of drug-likeness (QED) is 0.582. The minimum atomic E-state index is -0.919. The lowest BCUT2D eigenvalue weighted by Crippen LogP contribution is -2.30. The maximum absolute atomic E-state index is 10.9. The van der Waals surface area contributed by atoms with Crippen LogP contribution in [0.2, 0.25) is 0 Å². The van der Waals surface area contributed by atoms with Gasteiger partial charge in [0.15, 0.2) is 11.2 Å². The van der Waals surface area contributed by atoms with Crippen LogP contribution >= 0.6 is 0 Å². The van der Waals surface area contributed by atoms with Crippen molar-refractivity contribution < 1.29 is 4.21 Å². The van der Waals surface area contributed by atoms with Crippen LogP contribution in [0.1, 0.15) is 12.8 Å². The Morgan fingerprint density at radius 1 is 1.44 bits per heavy atom. The van der Waals surface area contributed by atoms with Crippen LogP contribution in [0.25, 0.3) is 0 Å². The van der Waals surface area contributed by atoms with Gasteiger partial charge in [0.1, 0.15) is 0 Å². The molecule has 1 saturated heterocycles. The van der Waals surface area contributed by atoms with E-state index in [4.69, 9.17) is 0 Å². The zero-order valence-electron chi connectivity index (χ0n) is 5.59. The fraction of sp³-hybridized carbons (Fsp3) is 1.00. The Hall–Kier alpha value is 0.0700. The summed E-state index contributed by atoms with van der Waals surface area (Å²) < 4.78 is 15.6. The molecule has 0 bridgehead atoms. The summed E-state index contributed by atoms with van der Waals surface area (Å²) in [5.74, 6) is 0. The van der Waals surface area contributed by atoms with Gasteiger partial charge in [-0.2, -0.15) is 0 Å². The molecule has 9 heavy (non-hydrogen) atoms. The van der Waals surface area contributed by atoms with Gasteiger partial charge in [0.2, 0.25) is 0 Å². The van der Waals surface area contributed by atoms with Gasteiger partial charge in [-0.15, -0.1) is 0 Å². The maximum atomic E-state index is 10.9. The van der Waals surface area contributed by atoms with Crippen molar-refractivity contribution in [3.05, 3.63) is 0 Å². The predicted molar refractivity (Wildman–Crippen MR) is 38.0 cm³/mol. The molecular weight excluding hydrogens is 136 g/mol. The van der Waals surface area contributed by atoms with Gasteiger partial charge in [0.25, 0.3) is 0 Å². The van der Waals surface area contributed by atoms with Gasteiger partial charge < -0.3 is 0 Å². The SMILES string of the molecule is CNS(=O)N1CCCC1. The van der Waals surface area contributed by atoms with Gasteiger partial charge in [-0.1, -0.05) is 0 Å². The van der Waals surface area contributed by atoms with Crippen molar-refractivity contribution in [3.8, 4) is 0 Å². The van der Waals surface area contributed by atoms with Crippen molar-refractivity contribution in [2.24, 2.45) is 0 Å². The molecule has 0 amide bonds. The largest absolute Gasteiger partial charge is 0.228 e. The van der Waals surface area contributed by atoms with Crippen LogP contribution in [0.4, 0.5) is 0 Å². The van der Waals surface area contributed by atoms with E-state index in [2.05, 4.69) is 4.72 Å².